The number of hydrogen-bond donors (Lipinski definition) is 1. The van der Waals surface area contributed by atoms with Crippen LogP contribution in [0.3, 0.4) is 0 Å². The third kappa shape index (κ3) is 3.86. The maximum atomic E-state index is 12.2. The molecule has 1 aromatic carbocycles. The predicted octanol–water partition coefficient (Wildman–Crippen LogP) is 1.67. The van der Waals surface area contributed by atoms with Gasteiger partial charge in [0.05, 0.1) is 5.92 Å². The van der Waals surface area contributed by atoms with E-state index in [1.54, 1.807) is 4.90 Å². The highest BCUT2D eigenvalue weighted by molar-refractivity contribution is 5.79. The third-order valence-corrected chi connectivity index (χ3v) is 3.08. The Balaban J connectivity index is 2.69. The Kier molecular flexibility index (Phi) is 5.16. The zero-order valence-electron chi connectivity index (χ0n) is 10.9. The van der Waals surface area contributed by atoms with Crippen LogP contribution in [-0.2, 0) is 11.2 Å². The Hall–Kier alpha value is -1.35. The van der Waals surface area contributed by atoms with Crippen LogP contribution in [0.5, 0.6) is 0 Å². The van der Waals surface area contributed by atoms with Crippen LogP contribution in [-0.4, -0.2) is 30.4 Å². The minimum Gasteiger partial charge on any atom is -0.343 e. The molecule has 2 N–H and O–H groups in total. The molecule has 0 radical (unpaired) electrons. The molecule has 0 aliphatic rings. The molecular weight excluding hydrogens is 212 g/mol. The van der Waals surface area contributed by atoms with Crippen molar-refractivity contribution in [3.8, 4) is 0 Å². The molecule has 0 bridgehead atoms. The number of nitrogens with zero attached hydrogens (tertiary/aromatic N) is 1. The monoisotopic (exact) mass is 234 g/mol. The van der Waals surface area contributed by atoms with Crippen LogP contribution in [0.1, 0.15) is 19.4 Å². The van der Waals surface area contributed by atoms with Gasteiger partial charge >= 0.3 is 0 Å². The highest BCUT2D eigenvalue weighted by Gasteiger charge is 2.22. The lowest BCUT2D eigenvalue weighted by Gasteiger charge is -2.26. The van der Waals surface area contributed by atoms with Gasteiger partial charge in [-0.25, -0.2) is 0 Å². The molecule has 0 aromatic heterocycles. The summed E-state index contributed by atoms with van der Waals surface area (Å²) < 4.78 is 0. The van der Waals surface area contributed by atoms with E-state index in [9.17, 15) is 4.79 Å². The molecule has 1 rings (SSSR count). The number of rotatable bonds is 5. The van der Waals surface area contributed by atoms with Gasteiger partial charge in [0, 0.05) is 19.6 Å². The van der Waals surface area contributed by atoms with Crippen LogP contribution >= 0.6 is 0 Å². The van der Waals surface area contributed by atoms with E-state index in [4.69, 9.17) is 5.73 Å². The summed E-state index contributed by atoms with van der Waals surface area (Å²) in [5.74, 6) is 0.0103. The Morgan fingerprint density at radius 1 is 1.29 bits per heavy atom. The largest absolute Gasteiger partial charge is 0.343 e. The smallest absolute Gasteiger partial charge is 0.227 e. The molecule has 3 heteroatoms. The molecule has 1 amide bonds. The SMILES string of the molecule is CC(C)N(C)C(=O)C(CN)Cc1ccccc1. The van der Waals surface area contributed by atoms with Crippen molar-refractivity contribution in [2.45, 2.75) is 26.3 Å². The number of benzene rings is 1. The standard InChI is InChI=1S/C14H22N2O/c1-11(2)16(3)14(17)13(10-15)9-12-7-5-4-6-8-12/h4-8,11,13H,9-10,15H2,1-3H3. The Morgan fingerprint density at radius 2 is 1.88 bits per heavy atom. The van der Waals surface area contributed by atoms with Gasteiger partial charge in [0.25, 0.3) is 0 Å². The lowest BCUT2D eigenvalue weighted by atomic mass is 9.98. The quantitative estimate of drug-likeness (QED) is 0.842. The average molecular weight is 234 g/mol. The fourth-order valence-corrected chi connectivity index (χ4v) is 1.71. The first kappa shape index (κ1) is 13.7. The van der Waals surface area contributed by atoms with Crippen molar-refractivity contribution in [2.24, 2.45) is 11.7 Å². The third-order valence-electron chi connectivity index (χ3n) is 3.08. The topological polar surface area (TPSA) is 46.3 Å². The molecule has 17 heavy (non-hydrogen) atoms. The normalized spacial score (nSPS) is 12.5. The lowest BCUT2D eigenvalue weighted by Crippen LogP contribution is -2.41. The summed E-state index contributed by atoms with van der Waals surface area (Å²) in [6.45, 7) is 4.41. The summed E-state index contributed by atoms with van der Waals surface area (Å²) in [4.78, 5) is 13.9. The van der Waals surface area contributed by atoms with Gasteiger partial charge in [0.2, 0.25) is 5.91 Å². The number of amides is 1. The van der Waals surface area contributed by atoms with E-state index >= 15 is 0 Å². The van der Waals surface area contributed by atoms with E-state index in [2.05, 4.69) is 0 Å². The predicted molar refractivity (Wildman–Crippen MR) is 70.6 cm³/mol. The van der Waals surface area contributed by atoms with Crippen molar-refractivity contribution in [1.82, 2.24) is 4.90 Å². The first-order chi connectivity index (χ1) is 8.06. The fourth-order valence-electron chi connectivity index (χ4n) is 1.71. The molecule has 0 aliphatic carbocycles. The van der Waals surface area contributed by atoms with Crippen LogP contribution in [0.25, 0.3) is 0 Å². The second-order valence-electron chi connectivity index (χ2n) is 4.67. The molecule has 0 saturated heterocycles. The van der Waals surface area contributed by atoms with Crippen molar-refractivity contribution in [3.63, 3.8) is 0 Å². The molecule has 1 unspecified atom stereocenters. The molecule has 0 aliphatic heterocycles. The maximum Gasteiger partial charge on any atom is 0.227 e. The van der Waals surface area contributed by atoms with Gasteiger partial charge in [-0.15, -0.1) is 0 Å². The average Bonchev–Trinajstić information content (AvgIpc) is 2.35. The van der Waals surface area contributed by atoms with Gasteiger partial charge in [0.1, 0.15) is 0 Å². The Morgan fingerprint density at radius 3 is 2.35 bits per heavy atom. The van der Waals surface area contributed by atoms with E-state index in [0.29, 0.717) is 13.0 Å². The highest BCUT2D eigenvalue weighted by atomic mass is 16.2. The molecule has 0 fully saturated rings. The first-order valence-electron chi connectivity index (χ1n) is 6.07. The molecule has 1 aromatic rings. The van der Waals surface area contributed by atoms with Crippen molar-refractivity contribution in [1.29, 1.82) is 0 Å². The van der Waals surface area contributed by atoms with Gasteiger partial charge in [-0.2, -0.15) is 0 Å². The van der Waals surface area contributed by atoms with E-state index in [1.165, 1.54) is 0 Å². The Labute approximate surface area is 104 Å². The number of carbonyl (C=O) groups excluding carboxylic acids is 1. The van der Waals surface area contributed by atoms with Gasteiger partial charge in [0.15, 0.2) is 0 Å². The van der Waals surface area contributed by atoms with Gasteiger partial charge in [-0.1, -0.05) is 30.3 Å². The number of hydrogen-bond acceptors (Lipinski definition) is 2. The summed E-state index contributed by atoms with van der Waals surface area (Å²) in [6.07, 6.45) is 0.716. The fraction of sp³-hybridized carbons (Fsp3) is 0.500. The molecule has 94 valence electrons. The minimum atomic E-state index is -0.121. The molecule has 0 heterocycles. The number of carbonyl (C=O) groups is 1. The van der Waals surface area contributed by atoms with E-state index in [-0.39, 0.29) is 17.9 Å². The second kappa shape index (κ2) is 6.40. The van der Waals surface area contributed by atoms with Crippen molar-refractivity contribution >= 4 is 5.91 Å². The summed E-state index contributed by atoms with van der Waals surface area (Å²) in [5.41, 5.74) is 6.87. The van der Waals surface area contributed by atoms with Crippen LogP contribution in [0.2, 0.25) is 0 Å². The molecule has 0 saturated carbocycles. The van der Waals surface area contributed by atoms with E-state index in [0.717, 1.165) is 5.56 Å². The van der Waals surface area contributed by atoms with Crippen LogP contribution in [0.4, 0.5) is 0 Å². The highest BCUT2D eigenvalue weighted by Crippen LogP contribution is 2.11. The van der Waals surface area contributed by atoms with Crippen molar-refractivity contribution in [2.75, 3.05) is 13.6 Å². The van der Waals surface area contributed by atoms with Crippen LogP contribution < -0.4 is 5.73 Å². The number of nitrogens with two attached hydrogens (primary N) is 1. The van der Waals surface area contributed by atoms with Gasteiger partial charge in [-0.05, 0) is 25.8 Å². The van der Waals surface area contributed by atoms with Gasteiger partial charge < -0.3 is 10.6 Å². The first-order valence-corrected chi connectivity index (χ1v) is 6.07. The van der Waals surface area contributed by atoms with Crippen LogP contribution in [0, 0.1) is 5.92 Å². The zero-order valence-corrected chi connectivity index (χ0v) is 10.9. The summed E-state index contributed by atoms with van der Waals surface area (Å²) >= 11 is 0. The van der Waals surface area contributed by atoms with Crippen LogP contribution in [0.15, 0.2) is 30.3 Å². The maximum absolute atomic E-state index is 12.2. The molecule has 0 spiro atoms. The second-order valence-corrected chi connectivity index (χ2v) is 4.67. The summed E-state index contributed by atoms with van der Waals surface area (Å²) in [7, 11) is 1.83. The molecule has 1 atom stereocenters. The van der Waals surface area contributed by atoms with Crippen molar-refractivity contribution < 1.29 is 4.79 Å². The lowest BCUT2D eigenvalue weighted by molar-refractivity contribution is -0.135. The van der Waals surface area contributed by atoms with Gasteiger partial charge in [-0.3, -0.25) is 4.79 Å². The molecular formula is C14H22N2O. The Bertz CT molecular complexity index is 348. The van der Waals surface area contributed by atoms with Crippen molar-refractivity contribution in [3.05, 3.63) is 35.9 Å². The minimum absolute atomic E-state index is 0.121. The summed E-state index contributed by atoms with van der Waals surface area (Å²) in [5, 5.41) is 0. The zero-order chi connectivity index (χ0) is 12.8. The van der Waals surface area contributed by atoms with E-state index in [1.807, 2.05) is 51.2 Å². The summed E-state index contributed by atoms with van der Waals surface area (Å²) in [6, 6.07) is 10.2. The van der Waals surface area contributed by atoms with E-state index < -0.39 is 0 Å². The molecule has 3 nitrogen and oxygen atoms in total.